The van der Waals surface area contributed by atoms with E-state index < -0.39 is 0 Å². The molecule has 3 aliphatic carbocycles. The molecule has 0 radical (unpaired) electrons. The number of hydrogen-bond acceptors (Lipinski definition) is 1. The number of ketones is 1. The van der Waals surface area contributed by atoms with Gasteiger partial charge in [0.1, 0.15) is 0 Å². The summed E-state index contributed by atoms with van der Waals surface area (Å²) >= 11 is 2.55. The minimum atomic E-state index is 0.328. The second kappa shape index (κ2) is 3.06. The number of rotatable bonds is 3. The number of halogens is 1. The molecule has 1 aromatic carbocycles. The van der Waals surface area contributed by atoms with Gasteiger partial charge in [0, 0.05) is 15.4 Å². The van der Waals surface area contributed by atoms with Crippen LogP contribution in [-0.2, 0) is 0 Å². The monoisotopic (exact) mass is 312 g/mol. The Bertz CT molecular complexity index is 390. The van der Waals surface area contributed by atoms with E-state index in [9.17, 15) is 4.79 Å². The molecule has 2 bridgehead atoms. The van der Waals surface area contributed by atoms with Crippen molar-refractivity contribution < 1.29 is 4.79 Å². The summed E-state index contributed by atoms with van der Waals surface area (Å²) in [6.07, 6.45) is 4.55. The average molecular weight is 312 g/mol. The van der Waals surface area contributed by atoms with Crippen LogP contribution in [0, 0.1) is 5.41 Å². The van der Waals surface area contributed by atoms with Crippen molar-refractivity contribution in [1.29, 1.82) is 0 Å². The van der Waals surface area contributed by atoms with Crippen molar-refractivity contribution in [3.05, 3.63) is 35.9 Å². The maximum absolute atomic E-state index is 12.0. The average Bonchev–Trinajstić information content (AvgIpc) is 2.15. The lowest BCUT2D eigenvalue weighted by Crippen LogP contribution is -2.63. The SMILES string of the molecule is O=C(CC12CC(I)(C1)C2)c1ccccc1. The van der Waals surface area contributed by atoms with E-state index >= 15 is 0 Å². The van der Waals surface area contributed by atoms with E-state index in [1.807, 2.05) is 30.3 Å². The summed E-state index contributed by atoms with van der Waals surface area (Å²) in [5, 5.41) is 0. The molecule has 2 heteroatoms. The Morgan fingerprint density at radius 2 is 1.80 bits per heavy atom. The second-order valence-corrected chi connectivity index (χ2v) is 7.44. The first kappa shape index (κ1) is 9.82. The van der Waals surface area contributed by atoms with Gasteiger partial charge in [0.25, 0.3) is 0 Å². The zero-order valence-electron chi connectivity index (χ0n) is 8.50. The fourth-order valence-electron chi connectivity index (χ4n) is 3.12. The molecule has 0 N–H and O–H groups in total. The first-order valence-electron chi connectivity index (χ1n) is 5.38. The quantitative estimate of drug-likeness (QED) is 0.473. The summed E-state index contributed by atoms with van der Waals surface area (Å²) in [4.78, 5) is 12.0. The van der Waals surface area contributed by atoms with E-state index in [0.717, 1.165) is 12.0 Å². The van der Waals surface area contributed by atoms with Crippen LogP contribution in [0.3, 0.4) is 0 Å². The highest BCUT2D eigenvalue weighted by Gasteiger charge is 2.66. The lowest BCUT2D eigenvalue weighted by molar-refractivity contribution is -0.0614. The van der Waals surface area contributed by atoms with Crippen LogP contribution in [0.2, 0.25) is 0 Å². The highest BCUT2D eigenvalue weighted by molar-refractivity contribution is 14.1. The van der Waals surface area contributed by atoms with Crippen LogP contribution in [0.4, 0.5) is 0 Å². The van der Waals surface area contributed by atoms with Gasteiger partial charge in [0.05, 0.1) is 0 Å². The minimum Gasteiger partial charge on any atom is -0.294 e. The van der Waals surface area contributed by atoms with Crippen molar-refractivity contribution in [3.8, 4) is 0 Å². The van der Waals surface area contributed by atoms with E-state index in [0.29, 0.717) is 14.6 Å². The summed E-state index contributed by atoms with van der Waals surface area (Å²) in [7, 11) is 0. The molecule has 0 amide bonds. The van der Waals surface area contributed by atoms with Gasteiger partial charge in [-0.2, -0.15) is 0 Å². The highest BCUT2D eigenvalue weighted by atomic mass is 127. The molecule has 0 saturated heterocycles. The fraction of sp³-hybridized carbons (Fsp3) is 0.462. The number of carbonyl (C=O) groups is 1. The molecule has 3 fully saturated rings. The number of hydrogen-bond donors (Lipinski definition) is 0. The van der Waals surface area contributed by atoms with Crippen LogP contribution < -0.4 is 0 Å². The van der Waals surface area contributed by atoms with E-state index in [1.165, 1.54) is 19.3 Å². The first-order valence-corrected chi connectivity index (χ1v) is 6.46. The minimum absolute atomic E-state index is 0.328. The molecule has 15 heavy (non-hydrogen) atoms. The van der Waals surface area contributed by atoms with Crippen molar-refractivity contribution in [3.63, 3.8) is 0 Å². The third-order valence-electron chi connectivity index (χ3n) is 3.71. The topological polar surface area (TPSA) is 17.1 Å². The van der Waals surface area contributed by atoms with E-state index in [2.05, 4.69) is 22.6 Å². The predicted octanol–water partition coefficient (Wildman–Crippen LogP) is 3.62. The van der Waals surface area contributed by atoms with Gasteiger partial charge in [-0.1, -0.05) is 52.9 Å². The Kier molecular flexibility index (Phi) is 2.00. The van der Waals surface area contributed by atoms with Crippen molar-refractivity contribution in [2.45, 2.75) is 29.1 Å². The molecule has 78 valence electrons. The lowest BCUT2D eigenvalue weighted by Gasteiger charge is -2.68. The van der Waals surface area contributed by atoms with Crippen LogP contribution >= 0.6 is 22.6 Å². The summed E-state index contributed by atoms with van der Waals surface area (Å²) < 4.78 is 0.578. The Morgan fingerprint density at radius 3 is 2.33 bits per heavy atom. The normalized spacial score (nSPS) is 36.6. The van der Waals surface area contributed by atoms with Crippen LogP contribution in [-0.4, -0.2) is 9.20 Å². The Hall–Kier alpha value is -0.380. The Morgan fingerprint density at radius 1 is 1.20 bits per heavy atom. The molecule has 0 unspecified atom stereocenters. The van der Waals surface area contributed by atoms with Crippen LogP contribution in [0.5, 0.6) is 0 Å². The first-order chi connectivity index (χ1) is 7.11. The molecule has 1 aromatic rings. The molecule has 0 aromatic heterocycles. The van der Waals surface area contributed by atoms with Gasteiger partial charge in [0.2, 0.25) is 0 Å². The zero-order valence-corrected chi connectivity index (χ0v) is 10.7. The standard InChI is InChI=1S/C13H13IO/c14-13-7-12(8-13,9-13)6-11(15)10-4-2-1-3-5-10/h1-5H,6-9H2. The van der Waals surface area contributed by atoms with Crippen LogP contribution in [0.25, 0.3) is 0 Å². The van der Waals surface area contributed by atoms with Crippen LogP contribution in [0.15, 0.2) is 30.3 Å². The molecule has 0 spiro atoms. The third-order valence-corrected chi connectivity index (χ3v) is 4.85. The molecule has 3 saturated carbocycles. The molecule has 0 heterocycles. The summed E-state index contributed by atoms with van der Waals surface area (Å²) in [6.45, 7) is 0. The maximum atomic E-state index is 12.0. The van der Waals surface area contributed by atoms with Crippen molar-refractivity contribution in [2.75, 3.05) is 0 Å². The smallest absolute Gasteiger partial charge is 0.163 e. The largest absolute Gasteiger partial charge is 0.294 e. The van der Waals surface area contributed by atoms with Gasteiger partial charge in [0.15, 0.2) is 5.78 Å². The molecular weight excluding hydrogens is 299 g/mol. The number of alkyl halides is 1. The molecule has 0 atom stereocenters. The number of carbonyl (C=O) groups excluding carboxylic acids is 1. The van der Waals surface area contributed by atoms with Gasteiger partial charge in [-0.05, 0) is 24.7 Å². The predicted molar refractivity (Wildman–Crippen MR) is 68.4 cm³/mol. The molecule has 4 rings (SSSR count). The Balaban J connectivity index is 1.68. The molecule has 1 nitrogen and oxygen atoms in total. The van der Waals surface area contributed by atoms with Gasteiger partial charge in [-0.25, -0.2) is 0 Å². The van der Waals surface area contributed by atoms with Crippen molar-refractivity contribution in [1.82, 2.24) is 0 Å². The van der Waals surface area contributed by atoms with E-state index in [4.69, 9.17) is 0 Å². The number of benzene rings is 1. The molecule has 3 aliphatic rings. The van der Waals surface area contributed by atoms with Crippen LogP contribution in [0.1, 0.15) is 36.0 Å². The van der Waals surface area contributed by atoms with Crippen molar-refractivity contribution >= 4 is 28.4 Å². The van der Waals surface area contributed by atoms with Gasteiger partial charge >= 0.3 is 0 Å². The molecule has 0 aliphatic heterocycles. The summed E-state index contributed by atoms with van der Waals surface area (Å²) in [5.41, 5.74) is 1.28. The third kappa shape index (κ3) is 1.53. The Labute approximate surface area is 103 Å². The van der Waals surface area contributed by atoms with E-state index in [1.54, 1.807) is 0 Å². The molecular formula is C13H13IO. The van der Waals surface area contributed by atoms with Gasteiger partial charge < -0.3 is 0 Å². The fourth-order valence-corrected chi connectivity index (χ4v) is 5.54. The number of Topliss-reactive ketones (excluding diaryl/α,β-unsaturated/α-hetero) is 1. The second-order valence-electron chi connectivity index (χ2n) is 5.15. The van der Waals surface area contributed by atoms with Gasteiger partial charge in [-0.15, -0.1) is 0 Å². The maximum Gasteiger partial charge on any atom is 0.163 e. The summed E-state index contributed by atoms with van der Waals surface area (Å²) in [6, 6.07) is 9.68. The van der Waals surface area contributed by atoms with Crippen molar-refractivity contribution in [2.24, 2.45) is 5.41 Å². The lowest BCUT2D eigenvalue weighted by atomic mass is 9.43. The van der Waals surface area contributed by atoms with E-state index in [-0.39, 0.29) is 0 Å². The van der Waals surface area contributed by atoms with Gasteiger partial charge in [-0.3, -0.25) is 4.79 Å². The summed E-state index contributed by atoms with van der Waals surface area (Å²) in [5.74, 6) is 0.328. The highest BCUT2D eigenvalue weighted by Crippen LogP contribution is 2.73. The zero-order chi connectivity index (χ0) is 10.5.